The van der Waals surface area contributed by atoms with E-state index in [1.807, 2.05) is 25.1 Å². The standard InChI is InChI=1S/C19H26N2O2/c1-3-16(21)17(22)18(14(2)12-20)23-13-19(10-7-11-19)15-8-5-4-6-9-15/h3-6,8-9H,7,10-13,20-21H2,1-2H3/b16-3+,18-14+. The predicted octanol–water partition coefficient (Wildman–Crippen LogP) is 2.79. The van der Waals surface area contributed by atoms with Gasteiger partial charge in [0.1, 0.15) is 0 Å². The van der Waals surface area contributed by atoms with Crippen molar-refractivity contribution in [1.29, 1.82) is 0 Å². The van der Waals surface area contributed by atoms with Gasteiger partial charge >= 0.3 is 0 Å². The van der Waals surface area contributed by atoms with Crippen LogP contribution in [0.1, 0.15) is 38.7 Å². The van der Waals surface area contributed by atoms with Gasteiger partial charge in [-0.15, -0.1) is 0 Å². The molecule has 0 spiro atoms. The third kappa shape index (κ3) is 3.64. The van der Waals surface area contributed by atoms with E-state index in [0.717, 1.165) is 18.4 Å². The lowest BCUT2D eigenvalue weighted by molar-refractivity contribution is -0.116. The first-order chi connectivity index (χ1) is 11.0. The second-order valence-electron chi connectivity index (χ2n) is 6.18. The fourth-order valence-electron chi connectivity index (χ4n) is 2.86. The van der Waals surface area contributed by atoms with Crippen LogP contribution in [0.15, 0.2) is 53.4 Å². The molecule has 23 heavy (non-hydrogen) atoms. The van der Waals surface area contributed by atoms with Gasteiger partial charge in [0.15, 0.2) is 5.76 Å². The largest absolute Gasteiger partial charge is 0.488 e. The highest BCUT2D eigenvalue weighted by Gasteiger charge is 2.40. The molecule has 0 saturated heterocycles. The van der Waals surface area contributed by atoms with Crippen LogP contribution in [0.25, 0.3) is 0 Å². The van der Waals surface area contributed by atoms with Gasteiger partial charge in [-0.25, -0.2) is 0 Å². The number of nitrogens with two attached hydrogens (primary N) is 2. The molecule has 0 bridgehead atoms. The summed E-state index contributed by atoms with van der Waals surface area (Å²) in [6.07, 6.45) is 4.91. The number of ether oxygens (including phenoxy) is 1. The Morgan fingerprint density at radius 1 is 1.30 bits per heavy atom. The number of benzene rings is 1. The number of hydrogen-bond donors (Lipinski definition) is 2. The molecule has 0 aromatic heterocycles. The molecule has 124 valence electrons. The van der Waals surface area contributed by atoms with Gasteiger partial charge in [0.05, 0.1) is 12.3 Å². The molecule has 1 saturated carbocycles. The average molecular weight is 314 g/mol. The SMILES string of the molecule is C/C=C(/N)C(=O)/C(OCC1(c2ccccc2)CCC1)=C(/C)CN. The van der Waals surface area contributed by atoms with Crippen molar-refractivity contribution in [3.8, 4) is 0 Å². The maximum atomic E-state index is 12.4. The summed E-state index contributed by atoms with van der Waals surface area (Å²) < 4.78 is 5.97. The summed E-state index contributed by atoms with van der Waals surface area (Å²) in [6.45, 7) is 4.30. The minimum absolute atomic E-state index is 0.00758. The van der Waals surface area contributed by atoms with Gasteiger partial charge in [-0.1, -0.05) is 42.8 Å². The van der Waals surface area contributed by atoms with E-state index in [9.17, 15) is 4.79 Å². The van der Waals surface area contributed by atoms with Crippen LogP contribution in [-0.4, -0.2) is 18.9 Å². The molecule has 1 aliphatic rings. The first-order valence-electron chi connectivity index (χ1n) is 8.08. The molecule has 1 aromatic carbocycles. The van der Waals surface area contributed by atoms with Gasteiger partial charge in [-0.05, 0) is 37.8 Å². The highest BCUT2D eigenvalue weighted by molar-refractivity contribution is 6.06. The first-order valence-corrected chi connectivity index (χ1v) is 8.08. The van der Waals surface area contributed by atoms with Crippen LogP contribution in [0, 0.1) is 0 Å². The van der Waals surface area contributed by atoms with Crippen LogP contribution in [0.3, 0.4) is 0 Å². The number of ketones is 1. The number of allylic oxidation sites excluding steroid dienone is 1. The number of Topliss-reactive ketones (excluding diaryl/α,β-unsaturated/α-hetero) is 1. The molecule has 1 fully saturated rings. The van der Waals surface area contributed by atoms with Gasteiger partial charge in [-0.3, -0.25) is 4.79 Å². The van der Waals surface area contributed by atoms with Crippen LogP contribution in [-0.2, 0) is 14.9 Å². The fourth-order valence-corrected chi connectivity index (χ4v) is 2.86. The maximum Gasteiger partial charge on any atom is 0.242 e. The maximum absolute atomic E-state index is 12.4. The van der Waals surface area contributed by atoms with Crippen LogP contribution in [0.4, 0.5) is 0 Å². The summed E-state index contributed by atoms with van der Waals surface area (Å²) in [5.41, 5.74) is 13.6. The number of carbonyl (C=O) groups excluding carboxylic acids is 1. The summed E-state index contributed by atoms with van der Waals surface area (Å²) in [7, 11) is 0. The predicted molar refractivity (Wildman–Crippen MR) is 92.6 cm³/mol. The summed E-state index contributed by atoms with van der Waals surface area (Å²) >= 11 is 0. The molecule has 0 amide bonds. The highest BCUT2D eigenvalue weighted by atomic mass is 16.5. The summed E-state index contributed by atoms with van der Waals surface area (Å²) in [5.74, 6) is 0.0169. The van der Waals surface area contributed by atoms with Gasteiger partial charge in [0.25, 0.3) is 0 Å². The van der Waals surface area contributed by atoms with E-state index in [0.29, 0.717) is 12.4 Å². The zero-order valence-corrected chi connectivity index (χ0v) is 14.0. The Morgan fingerprint density at radius 3 is 2.43 bits per heavy atom. The minimum atomic E-state index is -0.280. The van der Waals surface area contributed by atoms with Crippen LogP contribution >= 0.6 is 0 Å². The Morgan fingerprint density at radius 2 is 1.96 bits per heavy atom. The molecule has 1 aliphatic carbocycles. The Balaban J connectivity index is 2.20. The van der Waals surface area contributed by atoms with E-state index in [1.165, 1.54) is 12.0 Å². The lowest BCUT2D eigenvalue weighted by atomic mass is 9.65. The van der Waals surface area contributed by atoms with Crippen molar-refractivity contribution in [2.45, 2.75) is 38.5 Å². The van der Waals surface area contributed by atoms with E-state index in [1.54, 1.807) is 13.0 Å². The van der Waals surface area contributed by atoms with Crippen LogP contribution in [0.5, 0.6) is 0 Å². The van der Waals surface area contributed by atoms with Crippen molar-refractivity contribution < 1.29 is 9.53 Å². The molecule has 0 atom stereocenters. The van der Waals surface area contributed by atoms with Gasteiger partial charge < -0.3 is 16.2 Å². The zero-order chi connectivity index (χ0) is 16.9. The summed E-state index contributed by atoms with van der Waals surface area (Å²) in [6, 6.07) is 10.4. The smallest absolute Gasteiger partial charge is 0.242 e. The molecular weight excluding hydrogens is 288 g/mol. The van der Waals surface area contributed by atoms with E-state index >= 15 is 0 Å². The van der Waals surface area contributed by atoms with Gasteiger partial charge in [0.2, 0.25) is 5.78 Å². The van der Waals surface area contributed by atoms with E-state index in [2.05, 4.69) is 12.1 Å². The summed E-state index contributed by atoms with van der Waals surface area (Å²) in [4.78, 5) is 12.4. The molecular formula is C19H26N2O2. The van der Waals surface area contributed by atoms with Crippen molar-refractivity contribution in [2.24, 2.45) is 11.5 Å². The van der Waals surface area contributed by atoms with E-state index in [-0.39, 0.29) is 23.4 Å². The third-order valence-electron chi connectivity index (χ3n) is 4.66. The first kappa shape index (κ1) is 17.3. The van der Waals surface area contributed by atoms with Gasteiger partial charge in [-0.2, -0.15) is 0 Å². The van der Waals surface area contributed by atoms with Crippen molar-refractivity contribution in [2.75, 3.05) is 13.2 Å². The second kappa shape index (κ2) is 7.47. The molecule has 2 rings (SSSR count). The van der Waals surface area contributed by atoms with E-state index < -0.39 is 0 Å². The molecule has 4 heteroatoms. The average Bonchev–Trinajstić information content (AvgIpc) is 2.56. The number of hydrogen-bond acceptors (Lipinski definition) is 4. The monoisotopic (exact) mass is 314 g/mol. The normalized spacial score (nSPS) is 18.0. The second-order valence-corrected chi connectivity index (χ2v) is 6.18. The molecule has 4 nitrogen and oxygen atoms in total. The van der Waals surface area contributed by atoms with Crippen molar-refractivity contribution in [3.63, 3.8) is 0 Å². The molecule has 0 aliphatic heterocycles. The Labute approximate surface area is 138 Å². The Hall–Kier alpha value is -2.07. The topological polar surface area (TPSA) is 78.3 Å². The highest BCUT2D eigenvalue weighted by Crippen LogP contribution is 2.44. The number of carbonyl (C=O) groups is 1. The van der Waals surface area contributed by atoms with Crippen LogP contribution < -0.4 is 11.5 Å². The lowest BCUT2D eigenvalue weighted by Crippen LogP contribution is -2.39. The molecule has 0 heterocycles. The quantitative estimate of drug-likeness (QED) is 0.599. The van der Waals surface area contributed by atoms with Crippen molar-refractivity contribution in [1.82, 2.24) is 0 Å². The van der Waals surface area contributed by atoms with Crippen molar-refractivity contribution >= 4 is 5.78 Å². The minimum Gasteiger partial charge on any atom is -0.488 e. The molecule has 4 N–H and O–H groups in total. The van der Waals surface area contributed by atoms with Crippen molar-refractivity contribution in [3.05, 3.63) is 59.0 Å². The summed E-state index contributed by atoms with van der Waals surface area (Å²) in [5, 5.41) is 0. The van der Waals surface area contributed by atoms with Gasteiger partial charge in [0, 0.05) is 12.0 Å². The molecule has 0 unspecified atom stereocenters. The van der Waals surface area contributed by atoms with Crippen LogP contribution in [0.2, 0.25) is 0 Å². The van der Waals surface area contributed by atoms with E-state index in [4.69, 9.17) is 16.2 Å². The Bertz CT molecular complexity index is 614. The lowest BCUT2D eigenvalue weighted by Gasteiger charge is -2.42. The number of rotatable bonds is 7. The Kier molecular flexibility index (Phi) is 5.61. The molecule has 0 radical (unpaired) electrons. The fraction of sp³-hybridized carbons (Fsp3) is 0.421. The molecule has 1 aromatic rings. The zero-order valence-electron chi connectivity index (χ0n) is 14.0. The third-order valence-corrected chi connectivity index (χ3v) is 4.66.